The summed E-state index contributed by atoms with van der Waals surface area (Å²) < 4.78 is 98.9. The summed E-state index contributed by atoms with van der Waals surface area (Å²) >= 11 is 0. The fourth-order valence-corrected chi connectivity index (χ4v) is 11.7. The molecule has 6 aliphatic heterocycles. The van der Waals surface area contributed by atoms with Crippen LogP contribution in [0, 0.1) is 0 Å². The molecule has 6 fully saturated rings. The quantitative estimate of drug-likeness (QED) is 0.0674. The van der Waals surface area contributed by atoms with Crippen molar-refractivity contribution in [3.8, 4) is 0 Å². The smallest absolute Gasteiger partial charge is 0.369 e. The van der Waals surface area contributed by atoms with Gasteiger partial charge >= 0.3 is 7.82 Å². The van der Waals surface area contributed by atoms with Crippen LogP contribution in [0.2, 0.25) is 0 Å². The third-order valence-electron chi connectivity index (χ3n) is 13.6. The van der Waals surface area contributed by atoms with E-state index in [0.29, 0.717) is 50.9 Å². The zero-order chi connectivity index (χ0) is 56.0. The number of phosphoric acid groups is 1. The van der Waals surface area contributed by atoms with Crippen LogP contribution in [-0.2, 0) is 60.8 Å². The second kappa shape index (κ2) is 20.7. The predicted molar refractivity (Wildman–Crippen MR) is 280 cm³/mol. The van der Waals surface area contributed by atoms with E-state index in [1.54, 1.807) is 108 Å². The SMILES string of the molecule is CN(C)/C=N\c1ncnc2c1ncn2[C@@H]1O[C@H](COP(=O)(OC[C@H]2O[C@@H](n3cnc4c(/N=C\N(C)C)ncnc43)[C@H]3OC(C)(C)O[C@H]32)OC[C@H]2O[C@@H](n3cnc4c(/N=C\N(C)C)ncnc43)[C@H]3OC(C)(C)O[C@H]32)[C@@H]2OC(C)(C)O[C@@H]21. The van der Waals surface area contributed by atoms with Gasteiger partial charge in [-0.2, -0.15) is 0 Å². The molecular weight excluding hydrogens is 1070 g/mol. The Kier molecular flexibility index (Phi) is 14.0. The van der Waals surface area contributed by atoms with Crippen LogP contribution in [0.4, 0.5) is 17.5 Å². The van der Waals surface area contributed by atoms with E-state index in [9.17, 15) is 0 Å². The van der Waals surface area contributed by atoms with Gasteiger partial charge in [-0.05, 0) is 41.5 Å². The van der Waals surface area contributed by atoms with Crippen molar-refractivity contribution in [2.45, 2.75) is 133 Å². The molecule has 0 bridgehead atoms. The van der Waals surface area contributed by atoms with Crippen molar-refractivity contribution in [1.82, 2.24) is 73.3 Å². The van der Waals surface area contributed by atoms with Crippen LogP contribution in [0.1, 0.15) is 60.2 Å². The largest absolute Gasteiger partial charge is 0.475 e. The van der Waals surface area contributed by atoms with Gasteiger partial charge in [-0.1, -0.05) is 0 Å². The number of ether oxygens (including phenoxy) is 9. The summed E-state index contributed by atoms with van der Waals surface area (Å²) in [6, 6.07) is 0. The van der Waals surface area contributed by atoms with Crippen molar-refractivity contribution in [2.75, 3.05) is 62.1 Å². The highest BCUT2D eigenvalue weighted by molar-refractivity contribution is 7.48. The molecule has 12 atom stereocenters. The highest BCUT2D eigenvalue weighted by Gasteiger charge is 2.60. The first-order valence-electron chi connectivity index (χ1n) is 25.8. The maximum absolute atomic E-state index is 15.6. The Hall–Kier alpha value is -6.19. The Bertz CT molecular complexity index is 3060. The second-order valence-electron chi connectivity index (χ2n) is 21.9. The van der Waals surface area contributed by atoms with Gasteiger partial charge in [-0.15, -0.1) is 0 Å². The molecule has 0 aromatic carbocycles. The number of aromatic nitrogens is 12. The first kappa shape index (κ1) is 54.4. The number of imidazole rings is 3. The van der Waals surface area contributed by atoms with Gasteiger partial charge in [0.2, 0.25) is 0 Å². The summed E-state index contributed by atoms with van der Waals surface area (Å²) in [5, 5.41) is 0. The van der Waals surface area contributed by atoms with Crippen LogP contribution in [-0.4, -0.2) is 227 Å². The van der Waals surface area contributed by atoms with Gasteiger partial charge in [-0.3, -0.25) is 27.3 Å². The van der Waals surface area contributed by atoms with E-state index in [2.05, 4.69) is 59.8 Å². The molecule has 32 heteroatoms. The number of phosphoric ester groups is 1. The van der Waals surface area contributed by atoms with Gasteiger partial charge in [-0.25, -0.2) is 64.4 Å². The molecule has 31 nitrogen and oxygen atoms in total. The Morgan fingerprint density at radius 3 is 1.01 bits per heavy atom. The van der Waals surface area contributed by atoms with E-state index in [1.807, 2.05) is 42.3 Å². The molecule has 6 aliphatic rings. The Labute approximate surface area is 458 Å². The lowest BCUT2D eigenvalue weighted by Crippen LogP contribution is -2.35. The summed E-state index contributed by atoms with van der Waals surface area (Å²) in [6.07, 6.45) is 4.25. The number of aliphatic imine (C=N–C) groups is 3. The minimum Gasteiger partial charge on any atom is -0.369 e. The lowest BCUT2D eigenvalue weighted by molar-refractivity contribution is -0.202. The van der Waals surface area contributed by atoms with E-state index >= 15 is 4.57 Å². The lowest BCUT2D eigenvalue weighted by atomic mass is 10.1. The van der Waals surface area contributed by atoms with Crippen molar-refractivity contribution in [3.63, 3.8) is 0 Å². The lowest BCUT2D eigenvalue weighted by Gasteiger charge is -2.28. The molecule has 12 rings (SSSR count). The maximum atomic E-state index is 15.6. The van der Waals surface area contributed by atoms with Crippen molar-refractivity contribution in [3.05, 3.63) is 38.0 Å². The van der Waals surface area contributed by atoms with Crippen molar-refractivity contribution in [1.29, 1.82) is 0 Å². The molecule has 6 saturated heterocycles. The molecule has 0 radical (unpaired) electrons. The van der Waals surface area contributed by atoms with Gasteiger partial charge < -0.3 is 57.3 Å². The summed E-state index contributed by atoms with van der Waals surface area (Å²) in [5.74, 6) is -2.06. The minimum absolute atomic E-state index is 0.360. The van der Waals surface area contributed by atoms with Crippen molar-refractivity contribution < 1.29 is 60.8 Å². The van der Waals surface area contributed by atoms with Crippen LogP contribution in [0.25, 0.3) is 33.5 Å². The van der Waals surface area contributed by atoms with Gasteiger partial charge in [0.15, 0.2) is 87.0 Å². The van der Waals surface area contributed by atoms with Gasteiger partial charge in [0.05, 0.1) is 57.8 Å². The fraction of sp³-hybridized carbons (Fsp3) is 0.625. The zero-order valence-corrected chi connectivity index (χ0v) is 46.9. The van der Waals surface area contributed by atoms with E-state index in [1.165, 1.54) is 19.0 Å². The van der Waals surface area contributed by atoms with Crippen molar-refractivity contribution in [2.24, 2.45) is 15.0 Å². The molecule has 0 unspecified atom stereocenters. The van der Waals surface area contributed by atoms with Gasteiger partial charge in [0, 0.05) is 42.3 Å². The zero-order valence-electron chi connectivity index (χ0n) is 46.0. The number of fused-ring (bicyclic) bond motifs is 6. The standard InChI is InChI=1S/C48H63N18O13P/c1-46(2)74-31-25(71-43(34(31)77-46)64-22-55-28-37(58-19-61(7)8)49-16-52-40(28)64)13-68-80(67,69-14-26-32-35(78-47(3,4)75-32)44(72-26)65-23-56-29-38(59-20-62(9)10)50-17-53-41(29)65)70-15-27-33-36(79-48(5,6)76-33)45(73-27)66-24-57-30-39(60-21-63(11)12)51-18-54-42(30)66/h16-27,31-36,43-45H,13-15H2,1-12H3/b58-19-,59-20-,60-21-/t25-,26-,27-,31+,32+,33+,34+,35+,36+,43-,44-,45-/m1/s1. The predicted octanol–water partition coefficient (Wildman–Crippen LogP) is 3.58. The van der Waals surface area contributed by atoms with E-state index in [-0.39, 0.29) is 19.8 Å². The van der Waals surface area contributed by atoms with Crippen LogP contribution < -0.4 is 0 Å². The minimum atomic E-state index is -4.71. The maximum Gasteiger partial charge on any atom is 0.475 e. The average molecular weight is 1130 g/mol. The number of hydrogen-bond acceptors (Lipinski definition) is 25. The number of nitrogens with zero attached hydrogens (tertiary/aromatic N) is 18. The first-order valence-corrected chi connectivity index (χ1v) is 27.3. The monoisotopic (exact) mass is 1130 g/mol. The summed E-state index contributed by atoms with van der Waals surface area (Å²) in [6.45, 7) is 9.68. The highest BCUT2D eigenvalue weighted by Crippen LogP contribution is 2.55. The Morgan fingerprint density at radius 1 is 0.463 bits per heavy atom. The van der Waals surface area contributed by atoms with Crippen LogP contribution in [0.15, 0.2) is 52.9 Å². The third-order valence-corrected chi connectivity index (χ3v) is 15.0. The first-order chi connectivity index (χ1) is 38.1. The molecule has 80 heavy (non-hydrogen) atoms. The second-order valence-corrected chi connectivity index (χ2v) is 23.6. The number of hydrogen-bond donors (Lipinski definition) is 0. The number of rotatable bonds is 18. The average Bonchev–Trinajstić information content (AvgIpc) is 4.35. The Morgan fingerprint density at radius 2 is 0.738 bits per heavy atom. The van der Waals surface area contributed by atoms with Gasteiger partial charge in [0.1, 0.15) is 73.9 Å². The normalized spacial score (nSPS) is 30.6. The molecule has 6 aromatic rings. The van der Waals surface area contributed by atoms with E-state index in [4.69, 9.17) is 56.2 Å². The van der Waals surface area contributed by atoms with Gasteiger partial charge in [0.25, 0.3) is 0 Å². The van der Waals surface area contributed by atoms with E-state index < -0.39 is 98.8 Å². The molecule has 0 saturated carbocycles. The summed E-state index contributed by atoms with van der Waals surface area (Å²) in [5.41, 5.74) is 2.64. The Balaban J connectivity index is 0.836. The summed E-state index contributed by atoms with van der Waals surface area (Å²) in [7, 11) is 6.38. The molecular formula is C48H63N18O13P. The fourth-order valence-electron chi connectivity index (χ4n) is 10.5. The molecule has 6 aromatic heterocycles. The third kappa shape index (κ3) is 10.4. The van der Waals surface area contributed by atoms with Crippen molar-refractivity contribution >= 4 is 77.8 Å². The molecule has 12 heterocycles. The molecule has 0 amide bonds. The van der Waals surface area contributed by atoms with Crippen LogP contribution >= 0.6 is 7.82 Å². The molecule has 0 N–H and O–H groups in total. The molecule has 0 spiro atoms. The molecule has 428 valence electrons. The van der Waals surface area contributed by atoms with Crippen LogP contribution in [0.3, 0.4) is 0 Å². The molecule has 0 aliphatic carbocycles. The highest BCUT2D eigenvalue weighted by atomic mass is 31.2. The van der Waals surface area contributed by atoms with E-state index in [0.717, 1.165) is 0 Å². The van der Waals surface area contributed by atoms with Crippen LogP contribution in [0.5, 0.6) is 0 Å². The topological polar surface area (TPSA) is 305 Å². The summed E-state index contributed by atoms with van der Waals surface area (Å²) in [4.78, 5) is 59.3.